The number of nitrogen functional groups attached to an aromatic ring is 1. The molecule has 3 rings (SSSR count). The van der Waals surface area contributed by atoms with Crippen LogP contribution in [0.15, 0.2) is 24.3 Å². The quantitative estimate of drug-likeness (QED) is 0.172. The number of pyridine rings is 1. The first-order chi connectivity index (χ1) is 18.3. The first kappa shape index (κ1) is 28.6. The number of nitrogens with two attached hydrogens (primary N) is 2. The molecule has 6 N–H and O–H groups in total. The van der Waals surface area contributed by atoms with Crippen molar-refractivity contribution < 1.29 is 23.9 Å². The number of primary amides is 1. The summed E-state index contributed by atoms with van der Waals surface area (Å²) in [5.74, 6) is 0.200. The summed E-state index contributed by atoms with van der Waals surface area (Å²) in [7, 11) is 1.65. The van der Waals surface area contributed by atoms with E-state index in [-0.39, 0.29) is 25.0 Å². The Labute approximate surface area is 221 Å². The molecule has 2 heterocycles. The Kier molecular flexibility index (Phi) is 10.6. The van der Waals surface area contributed by atoms with Crippen molar-refractivity contribution in [1.82, 2.24) is 25.2 Å². The van der Waals surface area contributed by atoms with Gasteiger partial charge in [0.15, 0.2) is 12.5 Å². The molecular formula is C26H37N7O5. The fourth-order valence-corrected chi connectivity index (χ4v) is 4.29. The Morgan fingerprint density at radius 2 is 1.92 bits per heavy atom. The van der Waals surface area contributed by atoms with Crippen molar-refractivity contribution in [3.63, 3.8) is 0 Å². The second kappa shape index (κ2) is 14.1. The number of anilines is 1. The molecule has 2 aromatic heterocycles. The molecular weight excluding hydrogens is 490 g/mol. The molecule has 1 unspecified atom stereocenters. The minimum absolute atomic E-state index is 0.138. The van der Waals surface area contributed by atoms with Gasteiger partial charge >= 0.3 is 6.09 Å². The number of nitrogens with one attached hydrogen (secondary N) is 2. The van der Waals surface area contributed by atoms with E-state index in [4.69, 9.17) is 25.9 Å². The van der Waals surface area contributed by atoms with Crippen LogP contribution in [0, 0.1) is 5.92 Å². The number of alkyl carbamates (subject to hydrolysis) is 1. The van der Waals surface area contributed by atoms with Crippen LogP contribution < -0.4 is 22.1 Å². The first-order valence-corrected chi connectivity index (χ1v) is 12.8. The zero-order valence-corrected chi connectivity index (χ0v) is 22.0. The maximum Gasteiger partial charge on any atom is 0.408 e. The van der Waals surface area contributed by atoms with E-state index in [1.165, 1.54) is 0 Å². The highest BCUT2D eigenvalue weighted by Gasteiger charge is 2.17. The van der Waals surface area contributed by atoms with Gasteiger partial charge in [-0.3, -0.25) is 9.59 Å². The monoisotopic (exact) mass is 527 g/mol. The normalized spacial score (nSPS) is 11.9. The summed E-state index contributed by atoms with van der Waals surface area (Å²) in [5, 5.41) is 6.17. The highest BCUT2D eigenvalue weighted by molar-refractivity contribution is 6.06. The highest BCUT2D eigenvalue weighted by atomic mass is 16.6. The summed E-state index contributed by atoms with van der Waals surface area (Å²) in [5.41, 5.74) is 13.9. The Morgan fingerprint density at radius 3 is 2.66 bits per heavy atom. The summed E-state index contributed by atoms with van der Waals surface area (Å²) in [6.45, 7) is 3.22. The highest BCUT2D eigenvalue weighted by Crippen LogP contribution is 2.29. The van der Waals surface area contributed by atoms with Gasteiger partial charge < -0.3 is 36.1 Å². The van der Waals surface area contributed by atoms with Gasteiger partial charge in [0.25, 0.3) is 0 Å². The van der Waals surface area contributed by atoms with Crippen LogP contribution in [0.25, 0.3) is 21.9 Å². The van der Waals surface area contributed by atoms with E-state index in [1.807, 2.05) is 31.2 Å². The number of aromatic nitrogens is 3. The predicted octanol–water partition coefficient (Wildman–Crippen LogP) is 2.23. The van der Waals surface area contributed by atoms with Crippen LogP contribution in [0.5, 0.6) is 0 Å². The summed E-state index contributed by atoms with van der Waals surface area (Å²) in [4.78, 5) is 44.3. The van der Waals surface area contributed by atoms with Gasteiger partial charge in [0, 0.05) is 44.3 Å². The number of hydrogen-bond donors (Lipinski definition) is 4. The average Bonchev–Trinajstić information content (AvgIpc) is 3.26. The topological polar surface area (TPSA) is 176 Å². The van der Waals surface area contributed by atoms with Gasteiger partial charge in [-0.05, 0) is 31.7 Å². The molecule has 0 radical (unpaired) electrons. The third kappa shape index (κ3) is 7.54. The van der Waals surface area contributed by atoms with Crippen molar-refractivity contribution in [3.05, 3.63) is 30.1 Å². The molecule has 0 bridgehead atoms. The van der Waals surface area contributed by atoms with Gasteiger partial charge in [-0.1, -0.05) is 25.1 Å². The first-order valence-electron chi connectivity index (χ1n) is 12.8. The van der Waals surface area contributed by atoms with E-state index < -0.39 is 12.0 Å². The second-order valence-electron chi connectivity index (χ2n) is 8.99. The number of methoxy groups -OCH3 is 1. The molecule has 0 saturated carbocycles. The van der Waals surface area contributed by atoms with E-state index in [2.05, 4.69) is 20.2 Å². The summed E-state index contributed by atoms with van der Waals surface area (Å²) in [6.07, 6.45) is 2.58. The molecule has 3 amide bonds. The second-order valence-corrected chi connectivity index (χ2v) is 8.99. The number of amides is 3. The lowest BCUT2D eigenvalue weighted by atomic mass is 10.00. The lowest BCUT2D eigenvalue weighted by Gasteiger charge is -2.12. The van der Waals surface area contributed by atoms with Gasteiger partial charge in [0.1, 0.15) is 11.3 Å². The fraction of sp³-hybridized carbons (Fsp3) is 0.500. The number of benzene rings is 1. The minimum Gasteiger partial charge on any atom is -0.428 e. The number of hydrogen-bond acceptors (Lipinski definition) is 8. The van der Waals surface area contributed by atoms with Crippen molar-refractivity contribution in [2.45, 2.75) is 52.0 Å². The van der Waals surface area contributed by atoms with Crippen molar-refractivity contribution in [2.24, 2.45) is 11.7 Å². The number of rotatable bonds is 15. The fourth-order valence-electron chi connectivity index (χ4n) is 4.29. The molecule has 0 saturated heterocycles. The molecule has 206 valence electrons. The van der Waals surface area contributed by atoms with E-state index in [9.17, 15) is 14.4 Å². The van der Waals surface area contributed by atoms with Crippen molar-refractivity contribution >= 4 is 45.7 Å². The number of carbonyl (C=O) groups excluding carboxylic acids is 3. The number of imidazole rings is 1. The van der Waals surface area contributed by atoms with Gasteiger partial charge in [-0.15, -0.1) is 0 Å². The van der Waals surface area contributed by atoms with Gasteiger partial charge in [0.05, 0.1) is 17.6 Å². The summed E-state index contributed by atoms with van der Waals surface area (Å²) in [6, 6.07) is 7.83. The third-order valence-electron chi connectivity index (χ3n) is 6.38. The Balaban J connectivity index is 1.47. The molecule has 12 heteroatoms. The van der Waals surface area contributed by atoms with Crippen molar-refractivity contribution in [1.29, 1.82) is 0 Å². The molecule has 0 aliphatic heterocycles. The average molecular weight is 528 g/mol. The number of ether oxygens (including phenoxy) is 2. The van der Waals surface area contributed by atoms with E-state index in [0.717, 1.165) is 28.7 Å². The number of nitrogens with zero attached hydrogens (tertiary/aromatic N) is 3. The van der Waals surface area contributed by atoms with Gasteiger partial charge in [-0.25, -0.2) is 14.8 Å². The zero-order valence-electron chi connectivity index (χ0n) is 22.0. The Hall–Kier alpha value is -3.93. The third-order valence-corrected chi connectivity index (χ3v) is 6.38. The molecule has 1 atom stereocenters. The van der Waals surface area contributed by atoms with Crippen LogP contribution in [0.3, 0.4) is 0 Å². The largest absolute Gasteiger partial charge is 0.428 e. The maximum atomic E-state index is 12.0. The van der Waals surface area contributed by atoms with Crippen LogP contribution in [-0.4, -0.2) is 59.4 Å². The number of para-hydroxylation sites is 1. The molecule has 0 fully saturated rings. The lowest BCUT2D eigenvalue weighted by molar-refractivity contribution is -0.124. The SMILES string of the molecule is CCC(CCC(=O)NCOC(=O)NCCCCn1c(CCOC)nc2c(N)nc3ccccc3c21)C(N)=O. The number of carbonyl (C=O) groups is 3. The summed E-state index contributed by atoms with van der Waals surface area (Å²) < 4.78 is 12.4. The summed E-state index contributed by atoms with van der Waals surface area (Å²) >= 11 is 0. The molecule has 12 nitrogen and oxygen atoms in total. The maximum absolute atomic E-state index is 12.0. The Morgan fingerprint density at radius 1 is 1.13 bits per heavy atom. The molecule has 0 spiro atoms. The number of unbranched alkanes of at least 4 members (excludes halogenated alkanes) is 1. The zero-order chi connectivity index (χ0) is 27.5. The number of fused-ring (bicyclic) bond motifs is 3. The van der Waals surface area contributed by atoms with Crippen molar-refractivity contribution in [3.8, 4) is 0 Å². The van der Waals surface area contributed by atoms with Crippen LogP contribution in [0.4, 0.5) is 10.6 Å². The molecule has 3 aromatic rings. The lowest BCUT2D eigenvalue weighted by Crippen LogP contribution is -2.33. The predicted molar refractivity (Wildman–Crippen MR) is 144 cm³/mol. The minimum atomic E-state index is -0.618. The molecule has 38 heavy (non-hydrogen) atoms. The van der Waals surface area contributed by atoms with Gasteiger partial charge in [0.2, 0.25) is 11.8 Å². The smallest absolute Gasteiger partial charge is 0.408 e. The molecule has 0 aliphatic carbocycles. The van der Waals surface area contributed by atoms with Crippen LogP contribution >= 0.6 is 0 Å². The van der Waals surface area contributed by atoms with Crippen LogP contribution in [0.2, 0.25) is 0 Å². The molecule has 0 aliphatic rings. The van der Waals surface area contributed by atoms with E-state index >= 15 is 0 Å². The standard InChI is InChI=1S/C26H37N7O5/c1-3-17(25(28)35)10-11-21(34)30-16-38-26(36)29-13-6-7-14-33-20(12-15-37-2)32-22-23(33)18-8-4-5-9-19(18)31-24(22)27/h4-5,8-9,17H,3,6-7,10-16H2,1-2H3,(H2,27,31)(H2,28,35)(H,29,36)(H,30,34). The van der Waals surface area contributed by atoms with Crippen LogP contribution in [0.1, 0.15) is 44.9 Å². The van der Waals surface area contributed by atoms with Crippen LogP contribution in [-0.2, 0) is 32.0 Å². The van der Waals surface area contributed by atoms with Gasteiger partial charge in [-0.2, -0.15) is 0 Å². The van der Waals surface area contributed by atoms with Crippen molar-refractivity contribution in [2.75, 3.05) is 32.7 Å². The number of aryl methyl sites for hydroxylation is 1. The van der Waals surface area contributed by atoms with E-state index in [0.29, 0.717) is 56.7 Å². The van der Waals surface area contributed by atoms with E-state index in [1.54, 1.807) is 7.11 Å². The molecule has 1 aromatic carbocycles. The Bertz CT molecular complexity index is 1260.